The second kappa shape index (κ2) is 10.8. The molecule has 3 aromatic rings. The van der Waals surface area contributed by atoms with Gasteiger partial charge in [-0.05, 0) is 54.1 Å². The normalized spacial score (nSPS) is 11.9. The molecule has 0 bridgehead atoms. The maximum absolute atomic E-state index is 12.7. The summed E-state index contributed by atoms with van der Waals surface area (Å²) in [6.45, 7) is 0. The van der Waals surface area contributed by atoms with E-state index >= 15 is 0 Å². The second-order valence-corrected chi connectivity index (χ2v) is 8.99. The Morgan fingerprint density at radius 2 is 1.77 bits per heavy atom. The summed E-state index contributed by atoms with van der Waals surface area (Å²) < 4.78 is 73.6. The van der Waals surface area contributed by atoms with Gasteiger partial charge in [-0.2, -0.15) is 26.7 Å². The first kappa shape index (κ1) is 26.0. The Kier molecular flexibility index (Phi) is 8.03. The van der Waals surface area contributed by atoms with Gasteiger partial charge in [0.1, 0.15) is 10.6 Å². The molecule has 0 aliphatic rings. The van der Waals surface area contributed by atoms with E-state index in [2.05, 4.69) is 10.5 Å². The summed E-state index contributed by atoms with van der Waals surface area (Å²) >= 11 is 6.14. The van der Waals surface area contributed by atoms with Crippen LogP contribution in [0, 0.1) is 0 Å². The zero-order chi connectivity index (χ0) is 25.6. The molecule has 0 heterocycles. The van der Waals surface area contributed by atoms with Crippen molar-refractivity contribution in [2.24, 2.45) is 5.10 Å². The predicted molar refractivity (Wildman–Crippen MR) is 123 cm³/mol. The molecule has 0 atom stereocenters. The fourth-order valence-corrected chi connectivity index (χ4v) is 4.03. The molecule has 3 rings (SSSR count). The van der Waals surface area contributed by atoms with Crippen LogP contribution in [0.5, 0.6) is 11.5 Å². The average molecular weight is 527 g/mol. The maximum atomic E-state index is 12.7. The van der Waals surface area contributed by atoms with Crippen molar-refractivity contribution in [2.75, 3.05) is 7.11 Å². The molecule has 0 aromatic heterocycles. The number of hydrogen-bond acceptors (Lipinski definition) is 6. The maximum Gasteiger partial charge on any atom is 0.416 e. The minimum atomic E-state index is -4.61. The van der Waals surface area contributed by atoms with Crippen LogP contribution in [0.25, 0.3) is 0 Å². The predicted octanol–water partition coefficient (Wildman–Crippen LogP) is 4.83. The number of benzene rings is 3. The number of carbonyl (C=O) groups excluding carboxylic acids is 1. The number of ether oxygens (including phenoxy) is 1. The van der Waals surface area contributed by atoms with Crippen molar-refractivity contribution in [3.8, 4) is 11.5 Å². The lowest BCUT2D eigenvalue weighted by Crippen LogP contribution is -2.20. The summed E-state index contributed by atoms with van der Waals surface area (Å²) in [5.74, 6) is -0.101. The fourth-order valence-electron chi connectivity index (χ4n) is 2.87. The molecular weight excluding hydrogens is 509 g/mol. The number of rotatable bonds is 8. The van der Waals surface area contributed by atoms with Gasteiger partial charge in [0.25, 0.3) is 0 Å². The van der Waals surface area contributed by atoms with Gasteiger partial charge >= 0.3 is 16.3 Å². The van der Waals surface area contributed by atoms with Crippen LogP contribution in [0.3, 0.4) is 0 Å². The highest BCUT2D eigenvalue weighted by molar-refractivity contribution is 7.87. The third-order valence-corrected chi connectivity index (χ3v) is 6.14. The van der Waals surface area contributed by atoms with Gasteiger partial charge < -0.3 is 8.92 Å². The second-order valence-electron chi connectivity index (χ2n) is 7.03. The quantitative estimate of drug-likeness (QED) is 0.258. The van der Waals surface area contributed by atoms with Crippen molar-refractivity contribution in [2.45, 2.75) is 17.5 Å². The molecule has 0 fully saturated rings. The Bertz CT molecular complexity index is 1340. The molecule has 0 unspecified atom stereocenters. The molecule has 1 N–H and O–H groups in total. The van der Waals surface area contributed by atoms with Crippen LogP contribution >= 0.6 is 11.6 Å². The van der Waals surface area contributed by atoms with Gasteiger partial charge in [0.15, 0.2) is 5.75 Å². The molecule has 3 aromatic carbocycles. The molecule has 0 aliphatic heterocycles. The molecular formula is C23H18ClF3N2O5S. The fraction of sp³-hybridized carbons (Fsp3) is 0.130. The molecule has 12 heteroatoms. The summed E-state index contributed by atoms with van der Waals surface area (Å²) in [5, 5.41) is 3.87. The summed E-state index contributed by atoms with van der Waals surface area (Å²) in [5.41, 5.74) is 2.02. The van der Waals surface area contributed by atoms with Crippen LogP contribution < -0.4 is 14.3 Å². The average Bonchev–Trinajstić information content (AvgIpc) is 2.80. The Balaban J connectivity index is 1.74. The molecule has 35 heavy (non-hydrogen) atoms. The molecule has 0 saturated heterocycles. The van der Waals surface area contributed by atoms with E-state index in [9.17, 15) is 26.4 Å². The third kappa shape index (κ3) is 6.96. The topological polar surface area (TPSA) is 94.1 Å². The first-order chi connectivity index (χ1) is 16.5. The van der Waals surface area contributed by atoms with Crippen LogP contribution in [-0.2, 0) is 27.5 Å². The highest BCUT2D eigenvalue weighted by Crippen LogP contribution is 2.31. The first-order valence-corrected chi connectivity index (χ1v) is 11.6. The van der Waals surface area contributed by atoms with Gasteiger partial charge in [0, 0.05) is 0 Å². The van der Waals surface area contributed by atoms with E-state index in [0.29, 0.717) is 23.4 Å². The van der Waals surface area contributed by atoms with Crippen LogP contribution in [0.2, 0.25) is 5.02 Å². The number of methoxy groups -OCH3 is 1. The van der Waals surface area contributed by atoms with E-state index < -0.39 is 32.7 Å². The zero-order valence-corrected chi connectivity index (χ0v) is 19.6. The lowest BCUT2D eigenvalue weighted by Gasteiger charge is -2.11. The van der Waals surface area contributed by atoms with Gasteiger partial charge in [-0.25, -0.2) is 5.43 Å². The van der Waals surface area contributed by atoms with Gasteiger partial charge in [-0.3, -0.25) is 4.79 Å². The lowest BCUT2D eigenvalue weighted by atomic mass is 10.1. The smallest absolute Gasteiger partial charge is 0.416 e. The Morgan fingerprint density at radius 3 is 2.43 bits per heavy atom. The molecule has 1 amide bonds. The van der Waals surface area contributed by atoms with E-state index in [1.165, 1.54) is 25.3 Å². The minimum Gasteiger partial charge on any atom is -0.497 e. The number of alkyl halides is 3. The highest BCUT2D eigenvalue weighted by atomic mass is 35.5. The van der Waals surface area contributed by atoms with Crippen molar-refractivity contribution >= 4 is 33.8 Å². The van der Waals surface area contributed by atoms with Crippen LogP contribution in [-0.4, -0.2) is 27.6 Å². The van der Waals surface area contributed by atoms with E-state index in [0.717, 1.165) is 18.3 Å². The number of nitrogens with one attached hydrogen (secondary N) is 1. The molecule has 0 spiro atoms. The molecule has 0 radical (unpaired) electrons. The monoisotopic (exact) mass is 526 g/mol. The summed E-state index contributed by atoms with van der Waals surface area (Å²) in [7, 11) is -2.99. The van der Waals surface area contributed by atoms with Gasteiger partial charge in [0.2, 0.25) is 5.91 Å². The molecule has 0 aliphatic carbocycles. The lowest BCUT2D eigenvalue weighted by molar-refractivity contribution is -0.137. The van der Waals surface area contributed by atoms with E-state index in [4.69, 9.17) is 20.5 Å². The Morgan fingerprint density at radius 1 is 1.09 bits per heavy atom. The number of carbonyl (C=O) groups is 1. The Labute approximate surface area is 204 Å². The third-order valence-electron chi connectivity index (χ3n) is 4.56. The summed E-state index contributed by atoms with van der Waals surface area (Å²) in [6.07, 6.45) is -3.51. The van der Waals surface area contributed by atoms with Crippen molar-refractivity contribution < 1.29 is 35.3 Å². The number of amides is 1. The SMILES string of the molecule is COc1cccc(CC(=O)N/N=C/c2c(Cl)cccc2OS(=O)(=O)c2ccc(C(F)(F)F)cc2)c1. The van der Waals surface area contributed by atoms with Crippen molar-refractivity contribution in [3.63, 3.8) is 0 Å². The minimum absolute atomic E-state index is 0.00270. The molecule has 7 nitrogen and oxygen atoms in total. The number of hydrazone groups is 1. The van der Waals surface area contributed by atoms with E-state index in [-0.39, 0.29) is 22.8 Å². The van der Waals surface area contributed by atoms with Crippen LogP contribution in [0.4, 0.5) is 13.2 Å². The standard InChI is InChI=1S/C23H18ClF3N2O5S/c1-33-17-5-2-4-15(12-17)13-22(30)29-28-14-19-20(24)6-3-7-21(19)34-35(31,32)18-10-8-16(9-11-18)23(25,26)27/h2-12,14H,13H2,1H3,(H,29,30)/b28-14+. The van der Waals surface area contributed by atoms with E-state index in [1.54, 1.807) is 24.3 Å². The number of halogens is 4. The van der Waals surface area contributed by atoms with E-state index in [1.807, 2.05) is 0 Å². The van der Waals surface area contributed by atoms with Crippen LogP contribution in [0.1, 0.15) is 16.7 Å². The molecule has 184 valence electrons. The van der Waals surface area contributed by atoms with Crippen molar-refractivity contribution in [1.29, 1.82) is 0 Å². The largest absolute Gasteiger partial charge is 0.497 e. The van der Waals surface area contributed by atoms with Gasteiger partial charge in [-0.15, -0.1) is 0 Å². The number of nitrogens with zero attached hydrogens (tertiary/aromatic N) is 1. The number of hydrogen-bond donors (Lipinski definition) is 1. The first-order valence-electron chi connectivity index (χ1n) is 9.85. The highest BCUT2D eigenvalue weighted by Gasteiger charge is 2.31. The summed E-state index contributed by atoms with van der Waals surface area (Å²) in [6, 6.07) is 13.9. The summed E-state index contributed by atoms with van der Waals surface area (Å²) in [4.78, 5) is 11.7. The zero-order valence-electron chi connectivity index (χ0n) is 18.0. The van der Waals surface area contributed by atoms with Gasteiger partial charge in [0.05, 0.1) is 35.9 Å². The van der Waals surface area contributed by atoms with Crippen molar-refractivity contribution in [1.82, 2.24) is 5.43 Å². The Hall–Kier alpha value is -3.57. The van der Waals surface area contributed by atoms with Gasteiger partial charge in [-0.1, -0.05) is 29.8 Å². The van der Waals surface area contributed by atoms with Crippen LogP contribution in [0.15, 0.2) is 76.7 Å². The van der Waals surface area contributed by atoms with Crippen molar-refractivity contribution in [3.05, 3.63) is 88.4 Å². The molecule has 0 saturated carbocycles.